The minimum Gasteiger partial charge on any atom is -0.466 e. The zero-order valence-electron chi connectivity index (χ0n) is 22.5. The summed E-state index contributed by atoms with van der Waals surface area (Å²) in [5.41, 5.74) is 6.69. The Hall–Kier alpha value is -3.90. The normalized spacial score (nSPS) is 13.0. The molecule has 5 rings (SSSR count). The third-order valence-electron chi connectivity index (χ3n) is 6.31. The van der Waals surface area contributed by atoms with E-state index < -0.39 is 5.89 Å². The van der Waals surface area contributed by atoms with Gasteiger partial charge in [0.1, 0.15) is 18.2 Å². The first kappa shape index (κ1) is 17.6. The van der Waals surface area contributed by atoms with Gasteiger partial charge >= 0.3 is 0 Å². The lowest BCUT2D eigenvalue weighted by Gasteiger charge is -2.11. The largest absolute Gasteiger partial charge is 0.466 e. The Kier molecular flexibility index (Phi) is 4.22. The second kappa shape index (κ2) is 7.90. The van der Waals surface area contributed by atoms with Crippen LogP contribution in [0.5, 0.6) is 0 Å². The molecule has 0 N–H and O–H groups in total. The zero-order chi connectivity index (χ0) is 25.9. The van der Waals surface area contributed by atoms with Gasteiger partial charge in [-0.1, -0.05) is 68.4 Å². The van der Waals surface area contributed by atoms with Crippen molar-refractivity contribution in [1.29, 1.82) is 0 Å². The summed E-state index contributed by atoms with van der Waals surface area (Å²) in [5, 5.41) is 1.72. The highest BCUT2D eigenvalue weighted by atomic mass is 16.3. The second-order valence-electron chi connectivity index (χ2n) is 8.67. The zero-order valence-corrected chi connectivity index (χ0v) is 19.5. The molecule has 0 unspecified atom stereocenters. The van der Waals surface area contributed by atoms with Crippen molar-refractivity contribution in [3.63, 3.8) is 0 Å². The van der Waals surface area contributed by atoms with Crippen LogP contribution in [0.15, 0.2) is 71.1 Å². The van der Waals surface area contributed by atoms with E-state index in [2.05, 4.69) is 4.85 Å². The fraction of sp³-hybridized carbons (Fsp3) is 0.200. The van der Waals surface area contributed by atoms with Crippen LogP contribution >= 0.6 is 0 Å². The van der Waals surface area contributed by atoms with Gasteiger partial charge in [-0.15, -0.1) is 0 Å². The van der Waals surface area contributed by atoms with E-state index in [1.54, 1.807) is 13.8 Å². The second-order valence-corrected chi connectivity index (χ2v) is 8.67. The predicted molar refractivity (Wildman–Crippen MR) is 136 cm³/mol. The number of benzene rings is 3. The molecular weight excluding hydrogens is 404 g/mol. The van der Waals surface area contributed by atoms with Crippen LogP contribution in [0.3, 0.4) is 0 Å². The number of hydrogen-bond acceptors (Lipinski definition) is 1. The molecule has 0 saturated heterocycles. The number of furan rings is 1. The molecule has 0 amide bonds. The average molecular weight is 435 g/mol. The molecule has 0 spiro atoms. The molecule has 0 aliphatic carbocycles. The van der Waals surface area contributed by atoms with Gasteiger partial charge in [0.05, 0.1) is 14.9 Å². The van der Waals surface area contributed by atoms with E-state index in [9.17, 15) is 0 Å². The average Bonchev–Trinajstić information content (AvgIpc) is 3.22. The van der Waals surface area contributed by atoms with E-state index in [4.69, 9.17) is 15.1 Å². The van der Waals surface area contributed by atoms with Gasteiger partial charge in [0.15, 0.2) is 5.69 Å². The van der Waals surface area contributed by atoms with Crippen LogP contribution in [0.25, 0.3) is 49.2 Å². The highest BCUT2D eigenvalue weighted by Crippen LogP contribution is 2.44. The van der Waals surface area contributed by atoms with E-state index in [-0.39, 0.29) is 12.1 Å². The molecule has 0 aliphatic heterocycles. The maximum atomic E-state index is 9.10. The predicted octanol–water partition coefficient (Wildman–Crippen LogP) is 8.04. The molecule has 0 radical (unpaired) electrons. The van der Waals surface area contributed by atoms with Crippen molar-refractivity contribution in [2.75, 3.05) is 0 Å². The molecule has 0 aliphatic rings. The van der Waals surface area contributed by atoms with E-state index in [1.165, 1.54) is 0 Å². The van der Waals surface area contributed by atoms with Crippen LogP contribution in [-0.2, 0) is 7.05 Å². The number of fused-ring (bicyclic) bond motifs is 3. The molecule has 3 heteroatoms. The van der Waals surface area contributed by atoms with Gasteiger partial charge in [0, 0.05) is 31.2 Å². The van der Waals surface area contributed by atoms with Crippen LogP contribution in [-0.4, -0.2) is 0 Å². The van der Waals surface area contributed by atoms with Crippen molar-refractivity contribution in [2.24, 2.45) is 7.05 Å². The summed E-state index contributed by atoms with van der Waals surface area (Å²) < 4.78 is 34.7. The Morgan fingerprint density at radius 3 is 2.36 bits per heavy atom. The summed E-state index contributed by atoms with van der Waals surface area (Å²) in [6, 6.07) is 18.1. The Labute approximate surface area is 199 Å². The molecule has 2 aromatic heterocycles. The first-order valence-electron chi connectivity index (χ1n) is 12.5. The lowest BCUT2D eigenvalue weighted by molar-refractivity contribution is -0.666. The van der Waals surface area contributed by atoms with Gasteiger partial charge in [0.2, 0.25) is 11.4 Å². The van der Waals surface area contributed by atoms with Gasteiger partial charge in [-0.05, 0) is 35.1 Å². The van der Waals surface area contributed by atoms with Gasteiger partial charge in [-0.3, -0.25) is 0 Å². The number of nitrogens with zero attached hydrogens (tertiary/aromatic N) is 2. The molecule has 162 valence electrons. The lowest BCUT2D eigenvalue weighted by Crippen LogP contribution is -2.35. The molecule has 3 aromatic carbocycles. The Morgan fingerprint density at radius 1 is 0.970 bits per heavy atom. The van der Waals surface area contributed by atoms with E-state index in [1.807, 2.05) is 80.1 Å². The van der Waals surface area contributed by atoms with E-state index in [0.717, 1.165) is 33.0 Å². The van der Waals surface area contributed by atoms with E-state index >= 15 is 0 Å². The van der Waals surface area contributed by atoms with Gasteiger partial charge < -0.3 is 4.42 Å². The van der Waals surface area contributed by atoms with Crippen LogP contribution in [0, 0.1) is 20.4 Å². The van der Waals surface area contributed by atoms with Gasteiger partial charge in [-0.25, -0.2) is 4.85 Å². The molecule has 0 bridgehead atoms. The summed E-state index contributed by atoms with van der Waals surface area (Å²) in [6.45, 7) is 15.2. The van der Waals surface area contributed by atoms with Gasteiger partial charge in [0.25, 0.3) is 0 Å². The maximum absolute atomic E-state index is 9.10. The monoisotopic (exact) mass is 434 g/mol. The minimum atomic E-state index is -1.11. The van der Waals surface area contributed by atoms with Crippen molar-refractivity contribution >= 4 is 27.6 Å². The smallest absolute Gasteiger partial charge is 0.237 e. The summed E-state index contributed by atoms with van der Waals surface area (Å²) in [7, 11) is 1.85. The molecule has 0 atom stereocenters. The first-order valence-corrected chi connectivity index (χ1v) is 11.0. The number of aromatic nitrogens is 1. The Balaban J connectivity index is 1.91. The first-order chi connectivity index (χ1) is 17.1. The minimum absolute atomic E-state index is 0.152. The summed E-state index contributed by atoms with van der Waals surface area (Å²) >= 11 is 0. The summed E-state index contributed by atoms with van der Waals surface area (Å²) in [4.78, 5) is 3.87. The number of hydrogen-bond donors (Lipinski definition) is 0. The van der Waals surface area contributed by atoms with Crippen LogP contribution in [0.2, 0.25) is 0 Å². The summed E-state index contributed by atoms with van der Waals surface area (Å²) in [6.07, 6.45) is 0. The standard InChI is InChI=1S/C30H27N2O/c1-18(2)22-16-20(4)32(6)26(17-22)27-19(3)12-13-24-25-15-14-23(21-10-8-7-9-11-21)28(31-5)30(25)33-29(24)27/h7-18H,1-4,6H3/q+1/i16D,17D,18D. The van der Waals surface area contributed by atoms with Crippen LogP contribution in [0.4, 0.5) is 5.69 Å². The molecule has 2 heterocycles. The SMILES string of the molecule is [2H]c1c(C([2H])(C)C)c([2H])c(-c2c(C)ccc3c2oc2c([N+]#[C-])c(-c4ccccc4)ccc23)[n+](C)c1C. The number of pyridine rings is 1. The highest BCUT2D eigenvalue weighted by Gasteiger charge is 2.24. The maximum Gasteiger partial charge on any atom is 0.237 e. The van der Waals surface area contributed by atoms with Crippen LogP contribution in [0.1, 0.15) is 40.7 Å². The fourth-order valence-electron chi connectivity index (χ4n) is 4.39. The lowest BCUT2D eigenvalue weighted by atomic mass is 9.96. The highest BCUT2D eigenvalue weighted by molar-refractivity contribution is 6.14. The molecule has 3 nitrogen and oxygen atoms in total. The molecule has 0 fully saturated rings. The van der Waals surface area contributed by atoms with Crippen molar-refractivity contribution in [3.05, 3.63) is 94.9 Å². The quantitative estimate of drug-likeness (QED) is 0.208. The van der Waals surface area contributed by atoms with Crippen LogP contribution < -0.4 is 4.57 Å². The van der Waals surface area contributed by atoms with Crippen molar-refractivity contribution < 1.29 is 13.1 Å². The molecular formula is C30H27N2O+. The number of aryl methyl sites for hydroxylation is 1. The van der Waals surface area contributed by atoms with E-state index in [0.29, 0.717) is 33.8 Å². The van der Waals surface area contributed by atoms with Crippen molar-refractivity contribution in [1.82, 2.24) is 0 Å². The molecule has 33 heavy (non-hydrogen) atoms. The summed E-state index contributed by atoms with van der Waals surface area (Å²) in [5.74, 6) is -1.11. The third-order valence-corrected chi connectivity index (χ3v) is 6.31. The van der Waals surface area contributed by atoms with Gasteiger partial charge in [-0.2, -0.15) is 4.57 Å². The Morgan fingerprint density at radius 2 is 1.67 bits per heavy atom. The Bertz CT molecular complexity index is 1720. The van der Waals surface area contributed by atoms with Crippen molar-refractivity contribution in [3.8, 4) is 22.4 Å². The number of rotatable bonds is 3. The topological polar surface area (TPSA) is 21.4 Å². The third kappa shape index (κ3) is 3.31. The van der Waals surface area contributed by atoms with Crippen molar-refractivity contribution in [2.45, 2.75) is 33.6 Å². The molecule has 5 aromatic rings. The molecule has 0 saturated carbocycles. The fourth-order valence-corrected chi connectivity index (χ4v) is 4.39.